The van der Waals surface area contributed by atoms with E-state index in [1.54, 1.807) is 17.7 Å². The van der Waals surface area contributed by atoms with Crippen LogP contribution in [0.4, 0.5) is 5.69 Å². The summed E-state index contributed by atoms with van der Waals surface area (Å²) in [6, 6.07) is 6.57. The van der Waals surface area contributed by atoms with Crippen molar-refractivity contribution in [1.29, 1.82) is 0 Å². The van der Waals surface area contributed by atoms with Crippen molar-refractivity contribution in [3.8, 4) is 0 Å². The molecular formula is C25H33N5OS. The number of piperazine rings is 1. The van der Waals surface area contributed by atoms with Crippen LogP contribution in [0.2, 0.25) is 0 Å². The highest BCUT2D eigenvalue weighted by molar-refractivity contribution is 7.18. The quantitative estimate of drug-likeness (QED) is 0.596. The molecule has 7 heteroatoms. The fraction of sp³-hybridized carbons (Fsp3) is 0.520. The number of hydrogen-bond acceptors (Lipinski definition) is 6. The van der Waals surface area contributed by atoms with Crippen LogP contribution in [-0.4, -0.2) is 65.2 Å². The summed E-state index contributed by atoms with van der Waals surface area (Å²) in [4.78, 5) is 27.6. The molecule has 4 heterocycles. The van der Waals surface area contributed by atoms with E-state index in [1.807, 2.05) is 4.57 Å². The molecule has 1 fully saturated rings. The molecule has 0 N–H and O–H groups in total. The molecule has 1 aromatic carbocycles. The minimum atomic E-state index is 0.138. The molecule has 170 valence electrons. The summed E-state index contributed by atoms with van der Waals surface area (Å²) in [5.74, 6) is 0. The van der Waals surface area contributed by atoms with Crippen molar-refractivity contribution in [3.05, 3.63) is 56.4 Å². The maximum Gasteiger partial charge on any atom is 0.262 e. The first-order chi connectivity index (χ1) is 15.5. The van der Waals surface area contributed by atoms with E-state index < -0.39 is 0 Å². The molecule has 2 aliphatic heterocycles. The second kappa shape index (κ2) is 8.96. The Morgan fingerprint density at radius 1 is 1.03 bits per heavy atom. The number of anilines is 1. The monoisotopic (exact) mass is 451 g/mol. The van der Waals surface area contributed by atoms with Crippen molar-refractivity contribution in [2.24, 2.45) is 0 Å². The van der Waals surface area contributed by atoms with Gasteiger partial charge in [-0.1, -0.05) is 19.1 Å². The first-order valence-electron chi connectivity index (χ1n) is 11.8. The minimum Gasteiger partial charge on any atom is -0.369 e. The van der Waals surface area contributed by atoms with Crippen LogP contribution in [0.15, 0.2) is 29.3 Å². The number of rotatable bonds is 5. The lowest BCUT2D eigenvalue weighted by Crippen LogP contribution is -2.47. The van der Waals surface area contributed by atoms with Crippen LogP contribution in [0.1, 0.15) is 28.5 Å². The van der Waals surface area contributed by atoms with Crippen LogP contribution >= 0.6 is 11.3 Å². The Hall–Kier alpha value is -2.22. The number of aryl methyl sites for hydroxylation is 1. The fourth-order valence-electron chi connectivity index (χ4n) is 5.03. The average Bonchev–Trinajstić information content (AvgIpc) is 3.19. The summed E-state index contributed by atoms with van der Waals surface area (Å²) < 4.78 is 1.83. The van der Waals surface area contributed by atoms with E-state index in [9.17, 15) is 4.79 Å². The zero-order valence-electron chi connectivity index (χ0n) is 19.4. The van der Waals surface area contributed by atoms with Crippen molar-refractivity contribution in [1.82, 2.24) is 19.4 Å². The van der Waals surface area contributed by atoms with E-state index >= 15 is 0 Å². The standard InChI is InChI=1S/C25H33N5OS/c1-4-27-9-8-22-20(16-27)23-24(32-22)26-17-30(25(23)31)15-12-28-10-13-29(14-11-28)21-7-5-6-18(2)19(21)3/h5-7,17H,4,8-16H2,1-3H3. The van der Waals surface area contributed by atoms with Crippen molar-refractivity contribution in [2.75, 3.05) is 50.7 Å². The Balaban J connectivity index is 1.26. The first kappa shape index (κ1) is 21.6. The zero-order chi connectivity index (χ0) is 22.2. The summed E-state index contributed by atoms with van der Waals surface area (Å²) in [5, 5.41) is 0.866. The van der Waals surface area contributed by atoms with E-state index in [-0.39, 0.29) is 5.56 Å². The van der Waals surface area contributed by atoms with Gasteiger partial charge in [-0.05, 0) is 49.6 Å². The van der Waals surface area contributed by atoms with E-state index in [1.165, 1.54) is 27.3 Å². The third-order valence-electron chi connectivity index (χ3n) is 7.29. The van der Waals surface area contributed by atoms with Crippen LogP contribution in [0, 0.1) is 13.8 Å². The summed E-state index contributed by atoms with van der Waals surface area (Å²) in [7, 11) is 0. The largest absolute Gasteiger partial charge is 0.369 e. The maximum atomic E-state index is 13.3. The van der Waals surface area contributed by atoms with Gasteiger partial charge in [0, 0.05) is 62.9 Å². The van der Waals surface area contributed by atoms with Gasteiger partial charge in [0.2, 0.25) is 0 Å². The van der Waals surface area contributed by atoms with Gasteiger partial charge in [0.15, 0.2) is 0 Å². The average molecular weight is 452 g/mol. The predicted octanol–water partition coefficient (Wildman–Crippen LogP) is 3.28. The number of benzene rings is 1. The van der Waals surface area contributed by atoms with Gasteiger partial charge in [-0.15, -0.1) is 11.3 Å². The van der Waals surface area contributed by atoms with Gasteiger partial charge in [-0.2, -0.15) is 0 Å². The van der Waals surface area contributed by atoms with Crippen LogP contribution in [0.5, 0.6) is 0 Å². The van der Waals surface area contributed by atoms with E-state index in [4.69, 9.17) is 0 Å². The van der Waals surface area contributed by atoms with Crippen LogP contribution in [0.25, 0.3) is 10.2 Å². The predicted molar refractivity (Wildman–Crippen MR) is 133 cm³/mol. The molecule has 6 nitrogen and oxygen atoms in total. The van der Waals surface area contributed by atoms with Gasteiger partial charge < -0.3 is 4.90 Å². The van der Waals surface area contributed by atoms with Crippen LogP contribution in [-0.2, 0) is 19.5 Å². The highest BCUT2D eigenvalue weighted by atomic mass is 32.1. The molecule has 0 unspecified atom stereocenters. The Labute approximate surface area is 194 Å². The Morgan fingerprint density at radius 2 is 1.84 bits per heavy atom. The summed E-state index contributed by atoms with van der Waals surface area (Å²) in [6.45, 7) is 15.3. The summed E-state index contributed by atoms with van der Waals surface area (Å²) in [6.07, 6.45) is 2.80. The number of hydrogen-bond donors (Lipinski definition) is 0. The number of likely N-dealkylation sites (N-methyl/N-ethyl adjacent to an activating group) is 1. The van der Waals surface area contributed by atoms with Gasteiger partial charge in [0.25, 0.3) is 5.56 Å². The molecule has 0 saturated carbocycles. The van der Waals surface area contributed by atoms with Crippen LogP contribution in [0.3, 0.4) is 0 Å². The SMILES string of the molecule is CCN1CCc2sc3ncn(CCN4CCN(c5cccc(C)c5C)CC4)c(=O)c3c2C1. The second-order valence-corrected chi connectivity index (χ2v) is 10.2. The van der Waals surface area contributed by atoms with Crippen molar-refractivity contribution < 1.29 is 0 Å². The molecule has 0 spiro atoms. The van der Waals surface area contributed by atoms with Gasteiger partial charge >= 0.3 is 0 Å². The van der Waals surface area contributed by atoms with Gasteiger partial charge in [0.05, 0.1) is 11.7 Å². The summed E-state index contributed by atoms with van der Waals surface area (Å²) >= 11 is 1.71. The topological polar surface area (TPSA) is 44.6 Å². The molecule has 0 aliphatic carbocycles. The number of aromatic nitrogens is 2. The number of nitrogens with zero attached hydrogens (tertiary/aromatic N) is 5. The molecule has 5 rings (SSSR count). The third-order valence-corrected chi connectivity index (χ3v) is 8.49. The molecule has 0 bridgehead atoms. The Bertz CT molecular complexity index is 1180. The normalized spacial score (nSPS) is 17.8. The smallest absolute Gasteiger partial charge is 0.262 e. The molecule has 2 aromatic heterocycles. The zero-order valence-corrected chi connectivity index (χ0v) is 20.2. The Kier molecular flexibility index (Phi) is 6.05. The number of thiophene rings is 1. The molecule has 0 amide bonds. The third kappa shape index (κ3) is 3.98. The summed E-state index contributed by atoms with van der Waals surface area (Å²) in [5.41, 5.74) is 5.46. The van der Waals surface area contributed by atoms with E-state index in [0.29, 0.717) is 6.54 Å². The fourth-order valence-corrected chi connectivity index (χ4v) is 6.16. The van der Waals surface area contributed by atoms with Gasteiger partial charge in [0.1, 0.15) is 4.83 Å². The molecular weight excluding hydrogens is 418 g/mol. The van der Waals surface area contributed by atoms with Crippen molar-refractivity contribution >= 4 is 27.2 Å². The molecule has 1 saturated heterocycles. The van der Waals surface area contributed by atoms with Gasteiger partial charge in [-0.3, -0.25) is 19.2 Å². The first-order valence-corrected chi connectivity index (χ1v) is 12.6. The Morgan fingerprint density at radius 3 is 2.62 bits per heavy atom. The van der Waals surface area contributed by atoms with E-state index in [2.05, 4.69) is 58.7 Å². The van der Waals surface area contributed by atoms with E-state index in [0.717, 1.165) is 69.0 Å². The molecule has 3 aromatic rings. The highest BCUT2D eigenvalue weighted by Gasteiger charge is 2.24. The van der Waals surface area contributed by atoms with Gasteiger partial charge in [-0.25, -0.2) is 4.98 Å². The van der Waals surface area contributed by atoms with Crippen LogP contribution < -0.4 is 10.5 Å². The highest BCUT2D eigenvalue weighted by Crippen LogP contribution is 2.32. The minimum absolute atomic E-state index is 0.138. The molecule has 0 atom stereocenters. The van der Waals surface area contributed by atoms with Crippen molar-refractivity contribution in [3.63, 3.8) is 0 Å². The van der Waals surface area contributed by atoms with Crippen molar-refractivity contribution in [2.45, 2.75) is 40.3 Å². The lowest BCUT2D eigenvalue weighted by atomic mass is 10.1. The maximum absolute atomic E-state index is 13.3. The second-order valence-electron chi connectivity index (χ2n) is 9.09. The molecule has 32 heavy (non-hydrogen) atoms. The lowest BCUT2D eigenvalue weighted by Gasteiger charge is -2.37. The molecule has 2 aliphatic rings. The number of fused-ring (bicyclic) bond motifs is 3. The lowest BCUT2D eigenvalue weighted by molar-refractivity contribution is 0.247. The molecule has 0 radical (unpaired) electrons.